The normalized spacial score (nSPS) is 9.91. The van der Waals surface area contributed by atoms with Crippen molar-refractivity contribution >= 4 is 28.3 Å². The van der Waals surface area contributed by atoms with Crippen molar-refractivity contribution in [3.05, 3.63) is 42.0 Å². The molecule has 0 saturated heterocycles. The van der Waals surface area contributed by atoms with Crippen molar-refractivity contribution in [2.75, 3.05) is 12.4 Å². The van der Waals surface area contributed by atoms with Gasteiger partial charge >= 0.3 is 5.97 Å². The molecule has 22 heavy (non-hydrogen) atoms. The Morgan fingerprint density at radius 1 is 1.00 bits per heavy atom. The number of esters is 1. The number of amides is 1. The van der Waals surface area contributed by atoms with Crippen LogP contribution < -0.4 is 5.32 Å². The second kappa shape index (κ2) is 8.17. The largest absolute Gasteiger partial charge is 0.465 e. The molecule has 0 radical (unpaired) electrons. The highest BCUT2D eigenvalue weighted by molar-refractivity contribution is 5.98. The minimum absolute atomic E-state index is 0.0180. The second-order valence-electron chi connectivity index (χ2n) is 4.91. The van der Waals surface area contributed by atoms with Crippen molar-refractivity contribution in [1.29, 1.82) is 0 Å². The van der Waals surface area contributed by atoms with Crippen LogP contribution in [0, 0.1) is 5.92 Å². The summed E-state index contributed by atoms with van der Waals surface area (Å²) in [6.07, 6.45) is 0. The molecule has 0 heterocycles. The minimum atomic E-state index is -0.357. The van der Waals surface area contributed by atoms with Gasteiger partial charge in [0, 0.05) is 11.6 Å². The van der Waals surface area contributed by atoms with Crippen molar-refractivity contribution < 1.29 is 14.3 Å². The zero-order valence-electron chi connectivity index (χ0n) is 13.8. The fourth-order valence-electron chi connectivity index (χ4n) is 1.85. The third kappa shape index (κ3) is 4.32. The Labute approximate surface area is 131 Å². The number of nitrogens with one attached hydrogen (secondary N) is 1. The van der Waals surface area contributed by atoms with Gasteiger partial charge in [-0.2, -0.15) is 0 Å². The van der Waals surface area contributed by atoms with E-state index in [0.29, 0.717) is 5.56 Å². The monoisotopic (exact) mass is 301 g/mol. The summed E-state index contributed by atoms with van der Waals surface area (Å²) in [4.78, 5) is 23.1. The maximum atomic E-state index is 11.7. The maximum absolute atomic E-state index is 11.7. The molecule has 0 spiro atoms. The van der Waals surface area contributed by atoms with E-state index in [1.807, 2.05) is 52.0 Å². The van der Waals surface area contributed by atoms with Crippen LogP contribution in [0.25, 0.3) is 10.8 Å². The van der Waals surface area contributed by atoms with E-state index in [9.17, 15) is 9.59 Å². The Balaban J connectivity index is 0.00000116. The fourth-order valence-corrected chi connectivity index (χ4v) is 1.85. The molecule has 0 fully saturated rings. The van der Waals surface area contributed by atoms with Crippen molar-refractivity contribution in [3.8, 4) is 0 Å². The van der Waals surface area contributed by atoms with E-state index in [1.54, 1.807) is 12.1 Å². The van der Waals surface area contributed by atoms with E-state index in [2.05, 4.69) is 5.32 Å². The first-order valence-electron chi connectivity index (χ1n) is 7.44. The predicted molar refractivity (Wildman–Crippen MR) is 90.1 cm³/mol. The summed E-state index contributed by atoms with van der Waals surface area (Å²) in [5, 5.41) is 4.74. The molecule has 2 aromatic carbocycles. The van der Waals surface area contributed by atoms with Crippen molar-refractivity contribution in [2.45, 2.75) is 27.7 Å². The van der Waals surface area contributed by atoms with Crippen LogP contribution in [0.4, 0.5) is 5.69 Å². The molecule has 0 bridgehead atoms. The van der Waals surface area contributed by atoms with Crippen molar-refractivity contribution in [2.24, 2.45) is 5.92 Å². The smallest absolute Gasteiger partial charge is 0.337 e. The van der Waals surface area contributed by atoms with Crippen molar-refractivity contribution in [3.63, 3.8) is 0 Å². The number of methoxy groups -OCH3 is 1. The third-order valence-corrected chi connectivity index (χ3v) is 3.05. The minimum Gasteiger partial charge on any atom is -0.465 e. The van der Waals surface area contributed by atoms with Crippen LogP contribution in [-0.4, -0.2) is 19.0 Å². The first-order chi connectivity index (χ1) is 10.5. The van der Waals surface area contributed by atoms with Gasteiger partial charge in [0.25, 0.3) is 0 Å². The maximum Gasteiger partial charge on any atom is 0.337 e. The number of anilines is 1. The number of rotatable bonds is 3. The van der Waals surface area contributed by atoms with Gasteiger partial charge < -0.3 is 10.1 Å². The highest BCUT2D eigenvalue weighted by Crippen LogP contribution is 2.21. The summed E-state index contributed by atoms with van der Waals surface area (Å²) < 4.78 is 4.69. The molecule has 0 atom stereocenters. The molecular weight excluding hydrogens is 278 g/mol. The molecule has 0 saturated carbocycles. The van der Waals surface area contributed by atoms with Gasteiger partial charge in [-0.1, -0.05) is 39.8 Å². The zero-order valence-corrected chi connectivity index (χ0v) is 13.8. The lowest BCUT2D eigenvalue weighted by molar-refractivity contribution is -0.118. The third-order valence-electron chi connectivity index (χ3n) is 3.05. The topological polar surface area (TPSA) is 55.4 Å². The number of hydrogen-bond acceptors (Lipinski definition) is 3. The second-order valence-corrected chi connectivity index (χ2v) is 4.91. The summed E-state index contributed by atoms with van der Waals surface area (Å²) in [6.45, 7) is 7.69. The predicted octanol–water partition coefficient (Wildman–Crippen LogP) is 4.25. The van der Waals surface area contributed by atoms with E-state index < -0.39 is 0 Å². The number of carbonyl (C=O) groups is 2. The highest BCUT2D eigenvalue weighted by Gasteiger charge is 2.09. The molecular formula is C18H23NO3. The Bertz CT molecular complexity index is 662. The summed E-state index contributed by atoms with van der Waals surface area (Å²) in [6, 6.07) is 10.9. The van der Waals surface area contributed by atoms with Gasteiger partial charge in [0.15, 0.2) is 0 Å². The molecule has 4 heteroatoms. The number of fused-ring (bicyclic) bond motifs is 1. The van der Waals surface area contributed by atoms with Gasteiger partial charge in [0.2, 0.25) is 5.91 Å². The summed E-state index contributed by atoms with van der Waals surface area (Å²) >= 11 is 0. The summed E-state index contributed by atoms with van der Waals surface area (Å²) in [5.74, 6) is -0.438. The fraction of sp³-hybridized carbons (Fsp3) is 0.333. The Kier molecular flexibility index (Phi) is 6.57. The molecule has 1 N–H and O–H groups in total. The van der Waals surface area contributed by atoms with Gasteiger partial charge in [-0.15, -0.1) is 0 Å². The van der Waals surface area contributed by atoms with Gasteiger partial charge in [-0.05, 0) is 35.0 Å². The Hall–Kier alpha value is -2.36. The van der Waals surface area contributed by atoms with Crippen LogP contribution in [0.1, 0.15) is 38.1 Å². The molecule has 0 aliphatic heterocycles. The Morgan fingerprint density at radius 2 is 1.59 bits per heavy atom. The van der Waals surface area contributed by atoms with E-state index in [4.69, 9.17) is 4.74 Å². The molecule has 0 aliphatic rings. The summed E-state index contributed by atoms with van der Waals surface area (Å²) in [7, 11) is 1.36. The van der Waals surface area contributed by atoms with Crippen LogP contribution in [0.2, 0.25) is 0 Å². The average Bonchev–Trinajstić information content (AvgIpc) is 2.55. The lowest BCUT2D eigenvalue weighted by Gasteiger charge is -2.09. The SMILES string of the molecule is CC.COC(=O)c1ccc2cc(NC(=O)C(C)C)ccc2c1. The van der Waals surface area contributed by atoms with E-state index in [1.165, 1.54) is 7.11 Å². The van der Waals surface area contributed by atoms with Crippen LogP contribution in [-0.2, 0) is 9.53 Å². The zero-order chi connectivity index (χ0) is 16.7. The molecule has 0 aromatic heterocycles. The van der Waals surface area contributed by atoms with Gasteiger partial charge in [0.1, 0.15) is 0 Å². The molecule has 2 rings (SSSR count). The first kappa shape index (κ1) is 17.7. The van der Waals surface area contributed by atoms with Gasteiger partial charge in [-0.25, -0.2) is 4.79 Å². The van der Waals surface area contributed by atoms with E-state index in [-0.39, 0.29) is 17.8 Å². The molecule has 118 valence electrons. The van der Waals surface area contributed by atoms with Crippen LogP contribution in [0.3, 0.4) is 0 Å². The molecule has 0 aliphatic carbocycles. The van der Waals surface area contributed by atoms with Crippen molar-refractivity contribution in [1.82, 2.24) is 0 Å². The van der Waals surface area contributed by atoms with Crippen LogP contribution >= 0.6 is 0 Å². The van der Waals surface area contributed by atoms with E-state index >= 15 is 0 Å². The molecule has 2 aromatic rings. The number of carbonyl (C=O) groups excluding carboxylic acids is 2. The first-order valence-corrected chi connectivity index (χ1v) is 7.44. The quantitative estimate of drug-likeness (QED) is 0.862. The number of hydrogen-bond donors (Lipinski definition) is 1. The van der Waals surface area contributed by atoms with Crippen LogP contribution in [0.15, 0.2) is 36.4 Å². The number of ether oxygens (including phenoxy) is 1. The van der Waals surface area contributed by atoms with Crippen LogP contribution in [0.5, 0.6) is 0 Å². The lowest BCUT2D eigenvalue weighted by Crippen LogP contribution is -2.17. The molecule has 4 nitrogen and oxygen atoms in total. The molecule has 0 unspecified atom stereocenters. The highest BCUT2D eigenvalue weighted by atomic mass is 16.5. The van der Waals surface area contributed by atoms with Gasteiger partial charge in [0.05, 0.1) is 12.7 Å². The van der Waals surface area contributed by atoms with Gasteiger partial charge in [-0.3, -0.25) is 4.79 Å². The average molecular weight is 301 g/mol. The standard InChI is InChI=1S/C16H17NO3.C2H6/c1-10(2)15(18)17-14-7-6-11-8-13(16(19)20-3)5-4-12(11)9-14;1-2/h4-10H,1-3H3,(H,17,18);1-2H3. The number of benzene rings is 2. The lowest BCUT2D eigenvalue weighted by atomic mass is 10.1. The van der Waals surface area contributed by atoms with E-state index in [0.717, 1.165) is 16.5 Å². The molecule has 1 amide bonds. The summed E-state index contributed by atoms with van der Waals surface area (Å²) in [5.41, 5.74) is 1.26. The Morgan fingerprint density at radius 3 is 2.18 bits per heavy atom.